The molecule has 0 bridgehead atoms. The van der Waals surface area contributed by atoms with Crippen LogP contribution in [0.4, 0.5) is 5.69 Å². The molecule has 0 aromatic carbocycles. The van der Waals surface area contributed by atoms with Gasteiger partial charge in [-0.1, -0.05) is 0 Å². The molecule has 0 saturated carbocycles. The Labute approximate surface area is 101 Å². The number of aryl methyl sites for hydroxylation is 2. The predicted octanol–water partition coefficient (Wildman–Crippen LogP) is 0.466. The Morgan fingerprint density at radius 1 is 1.59 bits per heavy atom. The molecule has 6 nitrogen and oxygen atoms in total. The van der Waals surface area contributed by atoms with E-state index in [9.17, 15) is 4.79 Å². The number of aromatic nitrogens is 2. The Balaban J connectivity index is 2.53. The highest BCUT2D eigenvalue weighted by molar-refractivity contribution is 5.97. The van der Waals surface area contributed by atoms with Crippen LogP contribution in [-0.4, -0.2) is 34.9 Å². The fraction of sp³-hybridized carbons (Fsp3) is 0.636. The predicted molar refractivity (Wildman–Crippen MR) is 65.8 cm³/mol. The number of carbonyl (C=O) groups is 1. The minimum absolute atomic E-state index is 0.163. The van der Waals surface area contributed by atoms with Crippen LogP contribution in [0.1, 0.15) is 30.0 Å². The van der Waals surface area contributed by atoms with Crippen LogP contribution < -0.4 is 11.1 Å². The lowest BCUT2D eigenvalue weighted by atomic mass is 10.3. The fourth-order valence-corrected chi connectivity index (χ4v) is 1.49. The van der Waals surface area contributed by atoms with Crippen molar-refractivity contribution in [2.24, 2.45) is 7.05 Å². The highest BCUT2D eigenvalue weighted by Gasteiger charge is 2.17. The molecule has 0 aliphatic carbocycles. The maximum Gasteiger partial charge on any atom is 0.271 e. The molecule has 0 aliphatic heterocycles. The summed E-state index contributed by atoms with van der Waals surface area (Å²) < 4.78 is 6.81. The molecule has 1 heterocycles. The van der Waals surface area contributed by atoms with Crippen molar-refractivity contribution in [2.75, 3.05) is 18.9 Å². The molecule has 0 aliphatic rings. The number of carbonyl (C=O) groups excluding carboxylic acids is 1. The summed E-state index contributed by atoms with van der Waals surface area (Å²) >= 11 is 0. The normalized spacial score (nSPS) is 10.9. The Morgan fingerprint density at radius 2 is 2.24 bits per heavy atom. The number of ether oxygens (including phenoxy) is 1. The molecule has 96 valence electrons. The van der Waals surface area contributed by atoms with Gasteiger partial charge in [0.1, 0.15) is 5.69 Å². The number of nitrogens with one attached hydrogen (secondary N) is 1. The van der Waals surface area contributed by atoms with E-state index in [1.807, 2.05) is 13.8 Å². The van der Waals surface area contributed by atoms with Crippen LogP contribution in [0.3, 0.4) is 0 Å². The zero-order valence-electron chi connectivity index (χ0n) is 10.8. The molecule has 6 heteroatoms. The van der Waals surface area contributed by atoms with E-state index in [1.54, 1.807) is 14.0 Å². The van der Waals surface area contributed by atoms with E-state index in [-0.39, 0.29) is 12.0 Å². The lowest BCUT2D eigenvalue weighted by molar-refractivity contribution is 0.0743. The second-order valence-corrected chi connectivity index (χ2v) is 4.15. The van der Waals surface area contributed by atoms with E-state index in [2.05, 4.69) is 10.4 Å². The van der Waals surface area contributed by atoms with Crippen molar-refractivity contribution in [1.29, 1.82) is 0 Å². The van der Waals surface area contributed by atoms with Crippen molar-refractivity contribution in [1.82, 2.24) is 15.1 Å². The number of nitrogens with zero attached hydrogens (tertiary/aromatic N) is 2. The standard InChI is InChI=1S/C11H20N4O2/c1-7(2)17-6-5-13-11(16)10-9(12)8(3)14-15(10)4/h7H,5-6,12H2,1-4H3,(H,13,16). The average Bonchev–Trinajstić information content (AvgIpc) is 2.48. The number of nitrogens with two attached hydrogens (primary N) is 1. The molecule has 0 spiro atoms. The van der Waals surface area contributed by atoms with Gasteiger partial charge >= 0.3 is 0 Å². The van der Waals surface area contributed by atoms with Gasteiger partial charge in [-0.25, -0.2) is 0 Å². The van der Waals surface area contributed by atoms with Gasteiger partial charge in [0.25, 0.3) is 5.91 Å². The van der Waals surface area contributed by atoms with Gasteiger partial charge in [0, 0.05) is 13.6 Å². The third-order valence-corrected chi connectivity index (χ3v) is 2.32. The van der Waals surface area contributed by atoms with Gasteiger partial charge in [0.05, 0.1) is 24.1 Å². The maximum absolute atomic E-state index is 11.8. The van der Waals surface area contributed by atoms with Crippen molar-refractivity contribution in [3.8, 4) is 0 Å². The molecule has 0 atom stereocenters. The Hall–Kier alpha value is -1.56. The summed E-state index contributed by atoms with van der Waals surface area (Å²) in [6.07, 6.45) is 0.163. The summed E-state index contributed by atoms with van der Waals surface area (Å²) in [5.74, 6) is -0.224. The number of anilines is 1. The van der Waals surface area contributed by atoms with Crippen LogP contribution in [0, 0.1) is 6.92 Å². The van der Waals surface area contributed by atoms with E-state index in [0.29, 0.717) is 30.2 Å². The second kappa shape index (κ2) is 5.67. The van der Waals surface area contributed by atoms with Crippen molar-refractivity contribution < 1.29 is 9.53 Å². The number of amides is 1. The highest BCUT2D eigenvalue weighted by atomic mass is 16.5. The molecule has 0 radical (unpaired) electrons. The zero-order valence-corrected chi connectivity index (χ0v) is 10.8. The fourth-order valence-electron chi connectivity index (χ4n) is 1.49. The SMILES string of the molecule is Cc1nn(C)c(C(=O)NCCOC(C)C)c1N. The lowest BCUT2D eigenvalue weighted by Gasteiger charge is -2.09. The van der Waals surface area contributed by atoms with E-state index in [1.165, 1.54) is 4.68 Å². The Bertz CT molecular complexity index is 398. The first kappa shape index (κ1) is 13.5. The summed E-state index contributed by atoms with van der Waals surface area (Å²) in [7, 11) is 1.70. The van der Waals surface area contributed by atoms with Crippen LogP contribution in [0.25, 0.3) is 0 Å². The molecule has 1 amide bonds. The first-order valence-corrected chi connectivity index (χ1v) is 5.62. The first-order valence-electron chi connectivity index (χ1n) is 5.62. The van der Waals surface area contributed by atoms with Gasteiger partial charge in [-0.2, -0.15) is 5.10 Å². The maximum atomic E-state index is 11.8. The summed E-state index contributed by atoms with van der Waals surface area (Å²) in [6, 6.07) is 0. The number of nitrogen functional groups attached to an aromatic ring is 1. The average molecular weight is 240 g/mol. The van der Waals surface area contributed by atoms with E-state index in [0.717, 1.165) is 0 Å². The van der Waals surface area contributed by atoms with E-state index >= 15 is 0 Å². The summed E-state index contributed by atoms with van der Waals surface area (Å²) in [5, 5.41) is 6.83. The third kappa shape index (κ3) is 3.45. The van der Waals surface area contributed by atoms with Gasteiger partial charge in [-0.05, 0) is 20.8 Å². The van der Waals surface area contributed by atoms with Crippen molar-refractivity contribution in [2.45, 2.75) is 26.9 Å². The minimum atomic E-state index is -0.224. The number of hydrogen-bond acceptors (Lipinski definition) is 4. The van der Waals surface area contributed by atoms with Gasteiger partial charge in [-0.15, -0.1) is 0 Å². The lowest BCUT2D eigenvalue weighted by Crippen LogP contribution is -2.30. The molecule has 0 saturated heterocycles. The molecule has 3 N–H and O–H groups in total. The molecule has 1 aromatic rings. The van der Waals surface area contributed by atoms with Crippen molar-refractivity contribution >= 4 is 11.6 Å². The van der Waals surface area contributed by atoms with Crippen molar-refractivity contribution in [3.05, 3.63) is 11.4 Å². The summed E-state index contributed by atoms with van der Waals surface area (Å²) in [4.78, 5) is 11.8. The first-order chi connectivity index (χ1) is 7.93. The van der Waals surface area contributed by atoms with Gasteiger partial charge < -0.3 is 15.8 Å². The smallest absolute Gasteiger partial charge is 0.271 e. The van der Waals surface area contributed by atoms with E-state index in [4.69, 9.17) is 10.5 Å². The Morgan fingerprint density at radius 3 is 2.71 bits per heavy atom. The van der Waals surface area contributed by atoms with Crippen LogP contribution >= 0.6 is 0 Å². The van der Waals surface area contributed by atoms with Gasteiger partial charge in [-0.3, -0.25) is 9.48 Å². The highest BCUT2D eigenvalue weighted by Crippen LogP contribution is 2.14. The molecule has 0 unspecified atom stereocenters. The molecule has 0 fully saturated rings. The minimum Gasteiger partial charge on any atom is -0.395 e. The van der Waals surface area contributed by atoms with Gasteiger partial charge in [0.2, 0.25) is 0 Å². The quantitative estimate of drug-likeness (QED) is 0.733. The second-order valence-electron chi connectivity index (χ2n) is 4.15. The number of hydrogen-bond donors (Lipinski definition) is 2. The summed E-state index contributed by atoms with van der Waals surface area (Å²) in [5.41, 5.74) is 7.27. The van der Waals surface area contributed by atoms with Crippen LogP contribution in [-0.2, 0) is 11.8 Å². The Kier molecular flexibility index (Phi) is 4.51. The van der Waals surface area contributed by atoms with E-state index < -0.39 is 0 Å². The molecule has 1 aromatic heterocycles. The van der Waals surface area contributed by atoms with Crippen LogP contribution in [0.2, 0.25) is 0 Å². The third-order valence-electron chi connectivity index (χ3n) is 2.32. The topological polar surface area (TPSA) is 82.2 Å². The van der Waals surface area contributed by atoms with Crippen molar-refractivity contribution in [3.63, 3.8) is 0 Å². The zero-order chi connectivity index (χ0) is 13.0. The van der Waals surface area contributed by atoms with Gasteiger partial charge in [0.15, 0.2) is 0 Å². The summed E-state index contributed by atoms with van der Waals surface area (Å²) in [6.45, 7) is 6.61. The largest absolute Gasteiger partial charge is 0.395 e. The molecular formula is C11H20N4O2. The molecule has 17 heavy (non-hydrogen) atoms. The molecule has 1 rings (SSSR count). The van der Waals surface area contributed by atoms with Crippen LogP contribution in [0.15, 0.2) is 0 Å². The van der Waals surface area contributed by atoms with Crippen LogP contribution in [0.5, 0.6) is 0 Å². The number of rotatable bonds is 5. The monoisotopic (exact) mass is 240 g/mol. The molecular weight excluding hydrogens is 220 g/mol.